The van der Waals surface area contributed by atoms with Crippen molar-refractivity contribution < 1.29 is 14.1 Å². The highest BCUT2D eigenvalue weighted by atomic mass is 32.2. The summed E-state index contributed by atoms with van der Waals surface area (Å²) in [6.45, 7) is 4.00. The van der Waals surface area contributed by atoms with Crippen LogP contribution in [0.1, 0.15) is 24.7 Å². The van der Waals surface area contributed by atoms with E-state index in [2.05, 4.69) is 5.32 Å². The van der Waals surface area contributed by atoms with Gasteiger partial charge in [-0.25, -0.2) is 4.39 Å². The Morgan fingerprint density at radius 2 is 2.06 bits per heavy atom. The van der Waals surface area contributed by atoms with Crippen molar-refractivity contribution in [2.45, 2.75) is 19.1 Å². The van der Waals surface area contributed by atoms with Crippen molar-refractivity contribution in [2.24, 2.45) is 0 Å². The Balaban J connectivity index is 0.000000771. The fraction of sp³-hybridized carbons (Fsp3) is 0.364. The smallest absolute Gasteiger partial charge is 0.276 e. The molecule has 1 atom stereocenters. The number of rotatable bonds is 2. The third-order valence-electron chi connectivity index (χ3n) is 2.35. The lowest BCUT2D eigenvalue weighted by Gasteiger charge is -2.05. The van der Waals surface area contributed by atoms with Crippen LogP contribution in [0.15, 0.2) is 12.1 Å². The number of nitro benzene ring substituents is 1. The molecule has 0 radical (unpaired) electrons. The van der Waals surface area contributed by atoms with Gasteiger partial charge in [0, 0.05) is 6.07 Å². The van der Waals surface area contributed by atoms with Crippen LogP contribution >= 0.6 is 11.8 Å². The number of hydrogen-bond acceptors (Lipinski definition) is 4. The highest BCUT2D eigenvalue weighted by Crippen LogP contribution is 2.45. The van der Waals surface area contributed by atoms with Gasteiger partial charge in [0.1, 0.15) is 11.1 Å². The van der Waals surface area contributed by atoms with Gasteiger partial charge in [0.15, 0.2) is 0 Å². The molecule has 5 nitrogen and oxygen atoms in total. The number of benzene rings is 1. The van der Waals surface area contributed by atoms with E-state index in [9.17, 15) is 19.3 Å². The van der Waals surface area contributed by atoms with Crippen molar-refractivity contribution in [3.8, 4) is 0 Å². The Bertz CT molecular complexity index is 493. The number of amides is 1. The monoisotopic (exact) mass is 272 g/mol. The Labute approximate surface area is 108 Å². The predicted molar refractivity (Wildman–Crippen MR) is 69.3 cm³/mol. The molecule has 7 heteroatoms. The molecule has 0 fully saturated rings. The van der Waals surface area contributed by atoms with Crippen LogP contribution in [0.3, 0.4) is 0 Å². The molecule has 1 aliphatic heterocycles. The van der Waals surface area contributed by atoms with E-state index in [0.29, 0.717) is 0 Å². The second kappa shape index (κ2) is 5.81. The summed E-state index contributed by atoms with van der Waals surface area (Å²) in [7, 11) is 0. The fourth-order valence-electron chi connectivity index (χ4n) is 1.68. The zero-order chi connectivity index (χ0) is 13.9. The molecule has 0 aliphatic carbocycles. The zero-order valence-electron chi connectivity index (χ0n) is 10.2. The zero-order valence-corrected chi connectivity index (χ0v) is 11.0. The van der Waals surface area contributed by atoms with Gasteiger partial charge in [-0.05, 0) is 12.3 Å². The third kappa shape index (κ3) is 2.31. The first-order chi connectivity index (χ1) is 8.56. The molecule has 1 N–H and O–H groups in total. The van der Waals surface area contributed by atoms with E-state index in [1.54, 1.807) is 6.26 Å². The van der Waals surface area contributed by atoms with E-state index in [0.717, 1.165) is 23.9 Å². The van der Waals surface area contributed by atoms with Crippen LogP contribution in [-0.4, -0.2) is 17.1 Å². The van der Waals surface area contributed by atoms with Crippen LogP contribution in [0.25, 0.3) is 0 Å². The van der Waals surface area contributed by atoms with Gasteiger partial charge in [-0.15, -0.1) is 11.8 Å². The molecule has 1 heterocycles. The Morgan fingerprint density at radius 3 is 2.56 bits per heavy atom. The molecule has 0 spiro atoms. The van der Waals surface area contributed by atoms with Gasteiger partial charge in [0.25, 0.3) is 5.69 Å². The first-order valence-corrected chi connectivity index (χ1v) is 6.65. The molecule has 18 heavy (non-hydrogen) atoms. The van der Waals surface area contributed by atoms with Gasteiger partial charge in [0.05, 0.1) is 16.2 Å². The lowest BCUT2D eigenvalue weighted by Crippen LogP contribution is -2.09. The number of nitrogens with zero attached hydrogens (tertiary/aromatic N) is 1. The summed E-state index contributed by atoms with van der Waals surface area (Å²) >= 11 is 1.14. The summed E-state index contributed by atoms with van der Waals surface area (Å²) in [5.41, 5.74) is -0.171. The van der Waals surface area contributed by atoms with Gasteiger partial charge in [-0.3, -0.25) is 14.9 Å². The highest BCUT2D eigenvalue weighted by molar-refractivity contribution is 7.99. The highest BCUT2D eigenvalue weighted by Gasteiger charge is 2.38. The second-order valence-corrected chi connectivity index (χ2v) is 4.16. The molecule has 2 rings (SSSR count). The minimum absolute atomic E-state index is 0.0708. The SMILES string of the molecule is CC.CSC1C(=O)Nc2c(F)ccc([N+](=O)[O-])c21. The number of halogens is 1. The summed E-state index contributed by atoms with van der Waals surface area (Å²) < 4.78 is 13.4. The average Bonchev–Trinajstić information content (AvgIpc) is 2.69. The van der Waals surface area contributed by atoms with Crippen molar-refractivity contribution in [1.82, 2.24) is 0 Å². The van der Waals surface area contributed by atoms with E-state index in [4.69, 9.17) is 0 Å². The van der Waals surface area contributed by atoms with Gasteiger partial charge < -0.3 is 5.32 Å². The molecule has 1 aliphatic rings. The van der Waals surface area contributed by atoms with Crippen LogP contribution in [0.2, 0.25) is 0 Å². The van der Waals surface area contributed by atoms with E-state index in [1.165, 1.54) is 0 Å². The van der Waals surface area contributed by atoms with Crippen LogP contribution in [-0.2, 0) is 4.79 Å². The summed E-state index contributed by atoms with van der Waals surface area (Å²) in [5.74, 6) is -1.07. The quantitative estimate of drug-likeness (QED) is 0.663. The number of carbonyl (C=O) groups excluding carboxylic acids is 1. The maximum Gasteiger partial charge on any atom is 0.276 e. The van der Waals surface area contributed by atoms with Crippen LogP contribution in [0.5, 0.6) is 0 Å². The maximum atomic E-state index is 13.4. The van der Waals surface area contributed by atoms with Crippen LogP contribution < -0.4 is 5.32 Å². The molecular formula is C11H13FN2O3S. The second-order valence-electron chi connectivity index (χ2n) is 3.22. The molecule has 0 saturated carbocycles. The molecular weight excluding hydrogens is 259 g/mol. The third-order valence-corrected chi connectivity index (χ3v) is 3.27. The van der Waals surface area contributed by atoms with Gasteiger partial charge in [-0.2, -0.15) is 0 Å². The number of carbonyl (C=O) groups is 1. The number of nitrogens with one attached hydrogen (secondary N) is 1. The van der Waals surface area contributed by atoms with Gasteiger partial charge >= 0.3 is 0 Å². The average molecular weight is 272 g/mol. The first-order valence-electron chi connectivity index (χ1n) is 5.36. The minimum Gasteiger partial charge on any atom is -0.322 e. The number of nitro groups is 1. The van der Waals surface area contributed by atoms with Gasteiger partial charge in [-0.1, -0.05) is 13.8 Å². The largest absolute Gasteiger partial charge is 0.322 e. The lowest BCUT2D eigenvalue weighted by molar-refractivity contribution is -0.385. The number of anilines is 1. The van der Waals surface area contributed by atoms with Crippen molar-refractivity contribution in [3.05, 3.63) is 33.6 Å². The Hall–Kier alpha value is -1.63. The summed E-state index contributed by atoms with van der Waals surface area (Å²) in [5, 5.41) is 12.4. The molecule has 1 amide bonds. The number of hydrogen-bond donors (Lipinski definition) is 1. The maximum absolute atomic E-state index is 13.4. The summed E-state index contributed by atoms with van der Waals surface area (Å²) in [6, 6.07) is 2.07. The molecule has 1 unspecified atom stereocenters. The normalized spacial score (nSPS) is 16.4. The van der Waals surface area contributed by atoms with E-state index < -0.39 is 21.9 Å². The number of fused-ring (bicyclic) bond motifs is 1. The summed E-state index contributed by atoms with van der Waals surface area (Å²) in [4.78, 5) is 21.6. The van der Waals surface area contributed by atoms with Gasteiger partial charge in [0.2, 0.25) is 5.91 Å². The summed E-state index contributed by atoms with van der Waals surface area (Å²) in [6.07, 6.45) is 1.65. The molecule has 1 aromatic rings. The Kier molecular flexibility index (Phi) is 4.66. The van der Waals surface area contributed by atoms with E-state index in [-0.39, 0.29) is 16.9 Å². The molecule has 1 aromatic carbocycles. The molecule has 0 saturated heterocycles. The minimum atomic E-state index is -0.717. The van der Waals surface area contributed by atoms with Crippen LogP contribution in [0, 0.1) is 15.9 Å². The first kappa shape index (κ1) is 14.4. The molecule has 0 bridgehead atoms. The molecule has 98 valence electrons. The fourth-order valence-corrected chi connectivity index (χ4v) is 2.43. The van der Waals surface area contributed by atoms with Crippen molar-refractivity contribution in [3.63, 3.8) is 0 Å². The topological polar surface area (TPSA) is 72.2 Å². The van der Waals surface area contributed by atoms with Crippen LogP contribution in [0.4, 0.5) is 15.8 Å². The van der Waals surface area contributed by atoms with Crippen molar-refractivity contribution in [1.29, 1.82) is 0 Å². The number of thioether (sulfide) groups is 1. The van der Waals surface area contributed by atoms with E-state index in [1.807, 2.05) is 13.8 Å². The predicted octanol–water partition coefficient (Wildman–Crippen LogP) is 3.12. The lowest BCUT2D eigenvalue weighted by atomic mass is 10.1. The standard InChI is InChI=1S/C9H7FN2O3S.C2H6/c1-16-8-6-5(12(14)15)3-2-4(10)7(6)11-9(8)13;1-2/h2-3,8H,1H3,(H,11,13);1-2H3. The van der Waals surface area contributed by atoms with E-state index >= 15 is 0 Å². The van der Waals surface area contributed by atoms with Crippen molar-refractivity contribution >= 4 is 29.0 Å². The Morgan fingerprint density at radius 1 is 1.44 bits per heavy atom. The molecule has 0 aromatic heterocycles. The van der Waals surface area contributed by atoms with Crippen molar-refractivity contribution in [2.75, 3.05) is 11.6 Å².